The number of hydrogen-bond acceptors (Lipinski definition) is 5. The van der Waals surface area contributed by atoms with Crippen LogP contribution in [0.15, 0.2) is 4.99 Å². The molecule has 2 fully saturated rings. The molecule has 0 aromatic rings. The van der Waals surface area contributed by atoms with Crippen molar-refractivity contribution in [3.05, 3.63) is 0 Å². The lowest BCUT2D eigenvalue weighted by molar-refractivity contribution is 0.0904. The number of aliphatic imine (C=N–C) groups is 1. The van der Waals surface area contributed by atoms with Gasteiger partial charge in [-0.2, -0.15) is 4.31 Å². The van der Waals surface area contributed by atoms with E-state index in [-0.39, 0.29) is 18.5 Å². The minimum atomic E-state index is -3.26. The minimum absolute atomic E-state index is 0.0475. The van der Waals surface area contributed by atoms with Crippen LogP contribution in [0, 0.1) is 11.8 Å². The molecule has 2 rings (SSSR count). The van der Waals surface area contributed by atoms with E-state index in [0.29, 0.717) is 26.2 Å². The Morgan fingerprint density at radius 3 is 2.33 bits per heavy atom. The van der Waals surface area contributed by atoms with E-state index >= 15 is 0 Å². The van der Waals surface area contributed by atoms with Crippen LogP contribution in [-0.4, -0.2) is 106 Å². The van der Waals surface area contributed by atoms with Crippen molar-refractivity contribution in [2.75, 3.05) is 71.8 Å². The van der Waals surface area contributed by atoms with Crippen molar-refractivity contribution < 1.29 is 13.2 Å². The normalized spacial score (nSPS) is 25.1. The van der Waals surface area contributed by atoms with Gasteiger partial charge in [0.25, 0.3) is 0 Å². The molecule has 176 valence electrons. The van der Waals surface area contributed by atoms with E-state index in [4.69, 9.17) is 4.74 Å². The van der Waals surface area contributed by atoms with Crippen LogP contribution in [0.1, 0.15) is 40.5 Å². The van der Waals surface area contributed by atoms with Crippen molar-refractivity contribution in [1.29, 1.82) is 0 Å². The standard InChI is InChI=1S/C21H43N5O3S/c1-18(2)29-13-14-30(27,28)26-11-9-25(10-12-26)21(22-5)23-7-6-8-24-16-19(3)15-20(4)17-24/h18-20H,6-17H2,1-5H3,(H,22,23). The van der Waals surface area contributed by atoms with Gasteiger partial charge >= 0.3 is 0 Å². The van der Waals surface area contributed by atoms with Crippen LogP contribution in [0.25, 0.3) is 0 Å². The number of guanidine groups is 1. The zero-order valence-electron chi connectivity index (χ0n) is 19.6. The molecule has 0 amide bonds. The summed E-state index contributed by atoms with van der Waals surface area (Å²) in [6.07, 6.45) is 2.48. The highest BCUT2D eigenvalue weighted by Gasteiger charge is 2.28. The first-order valence-electron chi connectivity index (χ1n) is 11.5. The highest BCUT2D eigenvalue weighted by molar-refractivity contribution is 7.89. The Bertz CT molecular complexity index is 623. The fourth-order valence-corrected chi connectivity index (χ4v) is 5.79. The van der Waals surface area contributed by atoms with Crippen molar-refractivity contribution in [3.8, 4) is 0 Å². The van der Waals surface area contributed by atoms with E-state index in [9.17, 15) is 8.42 Å². The molecule has 2 unspecified atom stereocenters. The molecule has 2 saturated heterocycles. The maximum atomic E-state index is 12.5. The SMILES string of the molecule is CN=C(NCCCN1CC(C)CC(C)C1)N1CCN(S(=O)(=O)CCOC(C)C)CC1. The summed E-state index contributed by atoms with van der Waals surface area (Å²) in [4.78, 5) is 9.14. The maximum absolute atomic E-state index is 12.5. The number of ether oxygens (including phenoxy) is 1. The summed E-state index contributed by atoms with van der Waals surface area (Å²) in [7, 11) is -1.47. The summed E-state index contributed by atoms with van der Waals surface area (Å²) in [6, 6.07) is 0. The largest absolute Gasteiger partial charge is 0.378 e. The number of likely N-dealkylation sites (tertiary alicyclic amines) is 1. The summed E-state index contributed by atoms with van der Waals surface area (Å²) >= 11 is 0. The van der Waals surface area contributed by atoms with Crippen molar-refractivity contribution >= 4 is 16.0 Å². The summed E-state index contributed by atoms with van der Waals surface area (Å²) < 4.78 is 32.0. The zero-order chi connectivity index (χ0) is 22.1. The van der Waals surface area contributed by atoms with E-state index in [0.717, 1.165) is 37.3 Å². The monoisotopic (exact) mass is 445 g/mol. The number of nitrogens with one attached hydrogen (secondary N) is 1. The molecule has 9 heteroatoms. The third-order valence-corrected chi connectivity index (χ3v) is 7.65. The highest BCUT2D eigenvalue weighted by atomic mass is 32.2. The van der Waals surface area contributed by atoms with E-state index < -0.39 is 10.0 Å². The average molecular weight is 446 g/mol. The van der Waals surface area contributed by atoms with Gasteiger partial charge in [0, 0.05) is 52.9 Å². The second-order valence-electron chi connectivity index (χ2n) is 9.15. The molecule has 0 saturated carbocycles. The maximum Gasteiger partial charge on any atom is 0.216 e. The van der Waals surface area contributed by atoms with Crippen LogP contribution in [0.5, 0.6) is 0 Å². The molecular formula is C21H43N5O3S. The van der Waals surface area contributed by atoms with Gasteiger partial charge in [-0.1, -0.05) is 13.8 Å². The molecule has 2 heterocycles. The zero-order valence-corrected chi connectivity index (χ0v) is 20.5. The molecule has 0 aliphatic carbocycles. The summed E-state index contributed by atoms with van der Waals surface area (Å²) in [5, 5.41) is 3.46. The third kappa shape index (κ3) is 8.32. The molecule has 0 aromatic heterocycles. The fourth-order valence-electron chi connectivity index (χ4n) is 4.51. The second kappa shape index (κ2) is 12.2. The minimum Gasteiger partial charge on any atom is -0.378 e. The number of nitrogens with zero attached hydrogens (tertiary/aromatic N) is 4. The van der Waals surface area contributed by atoms with Crippen molar-refractivity contribution in [2.24, 2.45) is 16.8 Å². The van der Waals surface area contributed by atoms with Gasteiger partial charge in [-0.3, -0.25) is 4.99 Å². The molecule has 2 aliphatic rings. The van der Waals surface area contributed by atoms with Gasteiger partial charge in [-0.25, -0.2) is 8.42 Å². The third-order valence-electron chi connectivity index (χ3n) is 5.81. The lowest BCUT2D eigenvalue weighted by Gasteiger charge is -2.36. The topological polar surface area (TPSA) is 77.5 Å². The molecule has 0 aromatic carbocycles. The van der Waals surface area contributed by atoms with E-state index in [2.05, 4.69) is 34.0 Å². The Balaban J connectivity index is 1.69. The van der Waals surface area contributed by atoms with Crippen LogP contribution in [-0.2, 0) is 14.8 Å². The van der Waals surface area contributed by atoms with Crippen molar-refractivity contribution in [3.63, 3.8) is 0 Å². The lowest BCUT2D eigenvalue weighted by atomic mass is 9.92. The quantitative estimate of drug-likeness (QED) is 0.328. The second-order valence-corrected chi connectivity index (χ2v) is 11.2. The van der Waals surface area contributed by atoms with E-state index in [1.165, 1.54) is 19.5 Å². The molecule has 0 spiro atoms. The molecule has 8 nitrogen and oxygen atoms in total. The van der Waals surface area contributed by atoms with E-state index in [1.54, 1.807) is 11.4 Å². The molecule has 2 atom stereocenters. The average Bonchev–Trinajstić information content (AvgIpc) is 2.67. The summed E-state index contributed by atoms with van der Waals surface area (Å²) in [6.45, 7) is 15.5. The highest BCUT2D eigenvalue weighted by Crippen LogP contribution is 2.20. The Hall–Kier alpha value is -0.900. The van der Waals surface area contributed by atoms with Crippen LogP contribution in [0.3, 0.4) is 0 Å². The first kappa shape index (κ1) is 25.4. The predicted molar refractivity (Wildman–Crippen MR) is 123 cm³/mol. The Morgan fingerprint density at radius 2 is 1.77 bits per heavy atom. The summed E-state index contributed by atoms with van der Waals surface area (Å²) in [5.74, 6) is 2.50. The molecular weight excluding hydrogens is 402 g/mol. The van der Waals surface area contributed by atoms with Gasteiger partial charge in [0.1, 0.15) is 0 Å². The van der Waals surface area contributed by atoms with Crippen molar-refractivity contribution in [2.45, 2.75) is 46.6 Å². The van der Waals surface area contributed by atoms with Crippen LogP contribution >= 0.6 is 0 Å². The number of rotatable bonds is 9. The number of piperidine rings is 1. The predicted octanol–water partition coefficient (Wildman–Crippen LogP) is 1.30. The Morgan fingerprint density at radius 1 is 1.13 bits per heavy atom. The molecule has 0 bridgehead atoms. The van der Waals surface area contributed by atoms with Gasteiger partial charge in [-0.15, -0.1) is 0 Å². The van der Waals surface area contributed by atoms with Gasteiger partial charge in [0.15, 0.2) is 5.96 Å². The Labute approximate surface area is 184 Å². The number of piperazine rings is 1. The Kier molecular flexibility index (Phi) is 10.3. The molecule has 2 aliphatic heterocycles. The number of sulfonamides is 1. The van der Waals surface area contributed by atoms with Crippen LogP contribution < -0.4 is 5.32 Å². The number of hydrogen-bond donors (Lipinski definition) is 1. The van der Waals surface area contributed by atoms with Gasteiger partial charge < -0.3 is 19.9 Å². The van der Waals surface area contributed by atoms with Crippen LogP contribution in [0.4, 0.5) is 0 Å². The van der Waals surface area contributed by atoms with Gasteiger partial charge in [0.2, 0.25) is 10.0 Å². The summed E-state index contributed by atoms with van der Waals surface area (Å²) in [5.41, 5.74) is 0. The molecule has 30 heavy (non-hydrogen) atoms. The van der Waals surface area contributed by atoms with Gasteiger partial charge in [0.05, 0.1) is 18.5 Å². The smallest absolute Gasteiger partial charge is 0.216 e. The first-order chi connectivity index (χ1) is 14.2. The fraction of sp³-hybridized carbons (Fsp3) is 0.952. The first-order valence-corrected chi connectivity index (χ1v) is 13.1. The van der Waals surface area contributed by atoms with Crippen LogP contribution in [0.2, 0.25) is 0 Å². The molecule has 0 radical (unpaired) electrons. The lowest BCUT2D eigenvalue weighted by Crippen LogP contribution is -2.54. The van der Waals surface area contributed by atoms with E-state index in [1.807, 2.05) is 13.8 Å². The van der Waals surface area contributed by atoms with Gasteiger partial charge in [-0.05, 0) is 45.1 Å². The molecule has 1 N–H and O–H groups in total. The van der Waals surface area contributed by atoms with Crippen molar-refractivity contribution in [1.82, 2.24) is 19.4 Å².